The number of aromatic nitrogens is 5. The molecule has 33 heavy (non-hydrogen) atoms. The van der Waals surface area contributed by atoms with Crippen LogP contribution in [0.15, 0.2) is 53.3 Å². The highest BCUT2D eigenvalue weighted by atomic mass is 16.5. The van der Waals surface area contributed by atoms with Gasteiger partial charge in [-0.2, -0.15) is 0 Å². The lowest BCUT2D eigenvalue weighted by molar-refractivity contribution is 0.0214. The largest absolute Gasteiger partial charge is 0.497 e. The minimum absolute atomic E-state index is 0.136. The number of aryl methyl sites for hydroxylation is 1. The molecule has 9 nitrogen and oxygen atoms in total. The van der Waals surface area contributed by atoms with E-state index in [2.05, 4.69) is 25.4 Å². The monoisotopic (exact) mass is 446 g/mol. The van der Waals surface area contributed by atoms with Crippen molar-refractivity contribution in [2.45, 2.75) is 19.5 Å². The van der Waals surface area contributed by atoms with Crippen LogP contribution in [0.2, 0.25) is 0 Å². The molecular formula is C24H26N6O3. The van der Waals surface area contributed by atoms with Crippen LogP contribution in [0.1, 0.15) is 28.6 Å². The van der Waals surface area contributed by atoms with E-state index in [1.807, 2.05) is 55.5 Å². The number of methoxy groups -OCH3 is 1. The van der Waals surface area contributed by atoms with Gasteiger partial charge in [-0.1, -0.05) is 24.3 Å². The van der Waals surface area contributed by atoms with Gasteiger partial charge in [-0.3, -0.25) is 9.69 Å². The summed E-state index contributed by atoms with van der Waals surface area (Å²) in [5, 5.41) is 13.6. The number of morpholine rings is 1. The summed E-state index contributed by atoms with van der Waals surface area (Å²) < 4.78 is 12.6. The van der Waals surface area contributed by atoms with Crippen molar-refractivity contribution in [1.29, 1.82) is 0 Å². The Labute approximate surface area is 190 Å². The summed E-state index contributed by atoms with van der Waals surface area (Å²) in [6, 6.07) is 15.4. The fourth-order valence-corrected chi connectivity index (χ4v) is 4.29. The number of hydrogen-bond donors (Lipinski definition) is 1. The SMILES string of the molecule is COc1ccc(Cn2nnnc2[C@H](c2cc3ccc(C)cc3[nH]c2=O)N2CCOCC2)cc1. The Morgan fingerprint density at radius 3 is 2.67 bits per heavy atom. The number of H-pyrrole nitrogens is 1. The summed E-state index contributed by atoms with van der Waals surface area (Å²) in [4.78, 5) is 18.5. The summed E-state index contributed by atoms with van der Waals surface area (Å²) in [6.07, 6.45) is 0. The van der Waals surface area contributed by atoms with Crippen molar-refractivity contribution < 1.29 is 9.47 Å². The first-order valence-corrected chi connectivity index (χ1v) is 11.0. The molecule has 0 aliphatic carbocycles. The van der Waals surface area contributed by atoms with E-state index in [4.69, 9.17) is 9.47 Å². The van der Waals surface area contributed by atoms with Gasteiger partial charge in [0.2, 0.25) is 0 Å². The first kappa shape index (κ1) is 21.3. The highest BCUT2D eigenvalue weighted by Crippen LogP contribution is 2.28. The maximum Gasteiger partial charge on any atom is 0.253 e. The lowest BCUT2D eigenvalue weighted by Crippen LogP contribution is -2.42. The van der Waals surface area contributed by atoms with Crippen molar-refractivity contribution in [2.24, 2.45) is 0 Å². The van der Waals surface area contributed by atoms with E-state index in [9.17, 15) is 4.79 Å². The van der Waals surface area contributed by atoms with Crippen LogP contribution >= 0.6 is 0 Å². The Balaban J connectivity index is 1.58. The second-order valence-corrected chi connectivity index (χ2v) is 8.24. The fraction of sp³-hybridized carbons (Fsp3) is 0.333. The average molecular weight is 447 g/mol. The number of ether oxygens (including phenoxy) is 2. The lowest BCUT2D eigenvalue weighted by atomic mass is 10.0. The maximum absolute atomic E-state index is 13.3. The molecule has 3 heterocycles. The number of fused-ring (bicyclic) bond motifs is 1. The molecule has 0 radical (unpaired) electrons. The molecule has 1 aliphatic rings. The van der Waals surface area contributed by atoms with Crippen molar-refractivity contribution in [1.82, 2.24) is 30.1 Å². The van der Waals surface area contributed by atoms with Gasteiger partial charge in [0, 0.05) is 24.2 Å². The van der Waals surface area contributed by atoms with E-state index in [0.29, 0.717) is 44.2 Å². The number of hydrogen-bond acceptors (Lipinski definition) is 7. The van der Waals surface area contributed by atoms with Crippen LogP contribution in [0.4, 0.5) is 0 Å². The van der Waals surface area contributed by atoms with Crippen molar-refractivity contribution in [3.05, 3.63) is 81.4 Å². The second kappa shape index (κ2) is 9.13. The highest BCUT2D eigenvalue weighted by molar-refractivity contribution is 5.79. The van der Waals surface area contributed by atoms with Gasteiger partial charge in [0.25, 0.3) is 5.56 Å². The predicted molar refractivity (Wildman–Crippen MR) is 123 cm³/mol. The number of nitrogens with zero attached hydrogens (tertiary/aromatic N) is 5. The van der Waals surface area contributed by atoms with E-state index in [-0.39, 0.29) is 5.56 Å². The van der Waals surface area contributed by atoms with Crippen molar-refractivity contribution in [3.8, 4) is 5.75 Å². The molecule has 0 unspecified atom stereocenters. The molecule has 1 aliphatic heterocycles. The molecule has 9 heteroatoms. The number of nitrogens with one attached hydrogen (secondary N) is 1. The summed E-state index contributed by atoms with van der Waals surface area (Å²) >= 11 is 0. The zero-order chi connectivity index (χ0) is 22.8. The number of rotatable bonds is 6. The topological polar surface area (TPSA) is 98.2 Å². The minimum atomic E-state index is -0.392. The van der Waals surface area contributed by atoms with Gasteiger partial charge in [0.05, 0.1) is 26.9 Å². The minimum Gasteiger partial charge on any atom is -0.497 e. The van der Waals surface area contributed by atoms with Gasteiger partial charge in [-0.05, 0) is 58.1 Å². The first-order valence-electron chi connectivity index (χ1n) is 11.0. The van der Waals surface area contributed by atoms with E-state index in [0.717, 1.165) is 27.8 Å². The molecule has 1 atom stereocenters. The van der Waals surface area contributed by atoms with Gasteiger partial charge in [0.15, 0.2) is 5.82 Å². The van der Waals surface area contributed by atoms with Crippen LogP contribution in [0.3, 0.4) is 0 Å². The van der Waals surface area contributed by atoms with E-state index >= 15 is 0 Å². The number of tetrazole rings is 1. The third kappa shape index (κ3) is 4.37. The molecule has 1 saturated heterocycles. The van der Waals surface area contributed by atoms with Crippen LogP contribution in [0.5, 0.6) is 5.75 Å². The van der Waals surface area contributed by atoms with Crippen LogP contribution in [0.25, 0.3) is 10.9 Å². The molecule has 170 valence electrons. The van der Waals surface area contributed by atoms with Gasteiger partial charge in [-0.15, -0.1) is 5.10 Å². The lowest BCUT2D eigenvalue weighted by Gasteiger charge is -2.33. The summed E-state index contributed by atoms with van der Waals surface area (Å²) in [5.41, 5.74) is 3.44. The van der Waals surface area contributed by atoms with Crippen molar-refractivity contribution >= 4 is 10.9 Å². The molecule has 2 aromatic carbocycles. The molecule has 0 spiro atoms. The standard InChI is InChI=1S/C24H26N6O3/c1-16-3-6-18-14-20(24(31)25-21(18)13-16)22(29-9-11-33-12-10-29)23-26-27-28-30(23)15-17-4-7-19(32-2)8-5-17/h3-8,13-14,22H,9-12,15H2,1-2H3,(H,25,31)/t22-/m0/s1. The quantitative estimate of drug-likeness (QED) is 0.485. The van der Waals surface area contributed by atoms with E-state index in [1.54, 1.807) is 11.8 Å². The average Bonchev–Trinajstić information content (AvgIpc) is 3.28. The van der Waals surface area contributed by atoms with Gasteiger partial charge in [0.1, 0.15) is 11.8 Å². The molecule has 1 N–H and O–H groups in total. The summed E-state index contributed by atoms with van der Waals surface area (Å²) in [6.45, 7) is 5.06. The molecular weight excluding hydrogens is 420 g/mol. The van der Waals surface area contributed by atoms with Gasteiger partial charge in [-0.25, -0.2) is 4.68 Å². The summed E-state index contributed by atoms with van der Waals surface area (Å²) in [7, 11) is 1.64. The highest BCUT2D eigenvalue weighted by Gasteiger charge is 2.31. The fourth-order valence-electron chi connectivity index (χ4n) is 4.29. The Hall–Kier alpha value is -3.56. The molecule has 1 fully saturated rings. The Morgan fingerprint density at radius 1 is 1.12 bits per heavy atom. The third-order valence-electron chi connectivity index (χ3n) is 6.03. The Bertz CT molecular complexity index is 1310. The predicted octanol–water partition coefficient (Wildman–Crippen LogP) is 2.30. The third-order valence-corrected chi connectivity index (χ3v) is 6.03. The van der Waals surface area contributed by atoms with Gasteiger partial charge < -0.3 is 14.5 Å². The Morgan fingerprint density at radius 2 is 1.91 bits per heavy atom. The molecule has 4 aromatic rings. The molecule has 5 rings (SSSR count). The Kier molecular flexibility index (Phi) is 5.89. The normalized spacial score (nSPS) is 15.6. The molecule has 0 saturated carbocycles. The van der Waals surface area contributed by atoms with Crippen LogP contribution in [0, 0.1) is 6.92 Å². The van der Waals surface area contributed by atoms with Crippen molar-refractivity contribution in [3.63, 3.8) is 0 Å². The number of pyridine rings is 1. The van der Waals surface area contributed by atoms with Crippen molar-refractivity contribution in [2.75, 3.05) is 33.4 Å². The molecule has 2 aromatic heterocycles. The molecule has 0 bridgehead atoms. The first-order chi connectivity index (χ1) is 16.1. The zero-order valence-electron chi connectivity index (χ0n) is 18.7. The summed E-state index contributed by atoms with van der Waals surface area (Å²) in [5.74, 6) is 1.42. The maximum atomic E-state index is 13.3. The van der Waals surface area contributed by atoms with E-state index in [1.165, 1.54) is 0 Å². The number of aromatic amines is 1. The van der Waals surface area contributed by atoms with Gasteiger partial charge >= 0.3 is 0 Å². The van der Waals surface area contributed by atoms with E-state index < -0.39 is 6.04 Å². The van der Waals surface area contributed by atoms with Crippen LogP contribution < -0.4 is 10.3 Å². The van der Waals surface area contributed by atoms with Crippen LogP contribution in [-0.2, 0) is 11.3 Å². The molecule has 0 amide bonds. The smallest absolute Gasteiger partial charge is 0.253 e. The van der Waals surface area contributed by atoms with Crippen LogP contribution in [-0.4, -0.2) is 63.5 Å². The zero-order valence-corrected chi connectivity index (χ0v) is 18.7. The number of benzene rings is 2. The second-order valence-electron chi connectivity index (χ2n) is 8.24.